The smallest absolute Gasteiger partial charge is 0.408 e. The molecule has 10 nitrogen and oxygen atoms in total. The molecule has 0 bridgehead atoms. The van der Waals surface area contributed by atoms with Gasteiger partial charge in [0.05, 0.1) is 0 Å². The molecule has 0 aromatic heterocycles. The third kappa shape index (κ3) is 10.00. The number of esters is 1. The Balaban J connectivity index is 2.37. The van der Waals surface area contributed by atoms with Gasteiger partial charge < -0.3 is 30.6 Å². The highest BCUT2D eigenvalue weighted by atomic mass is 16.6. The Labute approximate surface area is 162 Å². The number of alkyl carbamates (subject to hydrolysis) is 2. The van der Waals surface area contributed by atoms with Gasteiger partial charge in [-0.25, -0.2) is 9.59 Å². The molecule has 0 heterocycles. The lowest BCUT2D eigenvalue weighted by atomic mass is 10.2. The van der Waals surface area contributed by atoms with E-state index in [0.29, 0.717) is 0 Å². The van der Waals surface area contributed by atoms with Crippen molar-refractivity contribution in [3.05, 3.63) is 35.9 Å². The van der Waals surface area contributed by atoms with Gasteiger partial charge in [0.1, 0.15) is 31.4 Å². The topological polar surface area (TPSA) is 146 Å². The summed E-state index contributed by atoms with van der Waals surface area (Å²) in [5.74, 6) is -1.75. The van der Waals surface area contributed by atoms with Gasteiger partial charge in [-0.15, -0.1) is 0 Å². The minimum Gasteiger partial charge on any atom is -0.462 e. The van der Waals surface area contributed by atoms with E-state index in [9.17, 15) is 19.2 Å². The lowest BCUT2D eigenvalue weighted by molar-refractivity contribution is -0.144. The summed E-state index contributed by atoms with van der Waals surface area (Å²) in [6.45, 7) is 4.03. The van der Waals surface area contributed by atoms with E-state index >= 15 is 0 Å². The highest BCUT2D eigenvalue weighted by Gasteiger charge is 2.22. The maximum atomic E-state index is 11.8. The Morgan fingerprint density at radius 3 is 2.25 bits per heavy atom. The SMILES string of the molecule is CC(C)(C)OC(=O)NCC(=O)OC[C@H](NC(=O)OCc1ccccc1)C(N)=O. The van der Waals surface area contributed by atoms with E-state index in [1.165, 1.54) is 0 Å². The minimum absolute atomic E-state index is 0.00223. The second-order valence-corrected chi connectivity index (χ2v) is 6.70. The Morgan fingerprint density at radius 2 is 1.68 bits per heavy atom. The number of carbonyl (C=O) groups is 4. The van der Waals surface area contributed by atoms with Crippen LogP contribution in [0.3, 0.4) is 0 Å². The van der Waals surface area contributed by atoms with Crippen LogP contribution in [0.1, 0.15) is 26.3 Å². The molecule has 28 heavy (non-hydrogen) atoms. The molecule has 0 aliphatic heterocycles. The molecule has 0 radical (unpaired) electrons. The maximum Gasteiger partial charge on any atom is 0.408 e. The normalized spacial score (nSPS) is 11.7. The number of ether oxygens (including phenoxy) is 3. The van der Waals surface area contributed by atoms with Crippen molar-refractivity contribution in [3.63, 3.8) is 0 Å². The van der Waals surface area contributed by atoms with Crippen LogP contribution >= 0.6 is 0 Å². The summed E-state index contributed by atoms with van der Waals surface area (Å²) in [6.07, 6.45) is -1.69. The van der Waals surface area contributed by atoms with Crippen molar-refractivity contribution in [2.24, 2.45) is 5.73 Å². The second kappa shape index (κ2) is 10.8. The van der Waals surface area contributed by atoms with E-state index in [1.807, 2.05) is 6.07 Å². The first-order valence-corrected chi connectivity index (χ1v) is 8.46. The van der Waals surface area contributed by atoms with Crippen LogP contribution in [0.15, 0.2) is 30.3 Å². The molecule has 0 saturated carbocycles. The van der Waals surface area contributed by atoms with E-state index in [4.69, 9.17) is 19.9 Å². The van der Waals surface area contributed by atoms with Gasteiger partial charge in [-0.3, -0.25) is 9.59 Å². The first-order chi connectivity index (χ1) is 13.1. The first-order valence-electron chi connectivity index (χ1n) is 8.46. The molecule has 1 aromatic rings. The predicted octanol–water partition coefficient (Wildman–Crippen LogP) is 0.835. The van der Waals surface area contributed by atoms with Gasteiger partial charge in [0.25, 0.3) is 0 Å². The van der Waals surface area contributed by atoms with Crippen molar-refractivity contribution < 1.29 is 33.4 Å². The van der Waals surface area contributed by atoms with Crippen LogP contribution in [0.5, 0.6) is 0 Å². The van der Waals surface area contributed by atoms with Crippen LogP contribution in [0.25, 0.3) is 0 Å². The molecular formula is C18H25N3O7. The molecule has 0 spiro atoms. The van der Waals surface area contributed by atoms with Crippen LogP contribution in [0.2, 0.25) is 0 Å². The van der Waals surface area contributed by atoms with Gasteiger partial charge >= 0.3 is 18.2 Å². The molecule has 154 valence electrons. The number of nitrogens with two attached hydrogens (primary N) is 1. The standard InChI is InChI=1S/C18H25N3O7/c1-18(2,3)28-16(24)20-9-14(22)26-11-13(15(19)23)21-17(25)27-10-12-7-5-4-6-8-12/h4-8,13H,9-11H2,1-3H3,(H2,19,23)(H,20,24)(H,21,25)/t13-/m0/s1. The average Bonchev–Trinajstić information content (AvgIpc) is 2.61. The van der Waals surface area contributed by atoms with Crippen LogP contribution in [-0.4, -0.2) is 48.9 Å². The fourth-order valence-electron chi connectivity index (χ4n) is 1.79. The number of benzene rings is 1. The minimum atomic E-state index is -1.28. The lowest BCUT2D eigenvalue weighted by Gasteiger charge is -2.19. The number of hydrogen-bond donors (Lipinski definition) is 3. The van der Waals surface area contributed by atoms with Gasteiger partial charge in [0.2, 0.25) is 5.91 Å². The van der Waals surface area contributed by atoms with Crippen molar-refractivity contribution >= 4 is 24.1 Å². The molecular weight excluding hydrogens is 370 g/mol. The third-order valence-electron chi connectivity index (χ3n) is 3.04. The largest absolute Gasteiger partial charge is 0.462 e. The van der Waals surface area contributed by atoms with E-state index in [-0.39, 0.29) is 6.61 Å². The van der Waals surface area contributed by atoms with Crippen molar-refractivity contribution in [1.29, 1.82) is 0 Å². The van der Waals surface area contributed by atoms with Crippen molar-refractivity contribution in [1.82, 2.24) is 10.6 Å². The molecule has 1 aromatic carbocycles. The first kappa shape index (κ1) is 22.7. The molecule has 0 aliphatic rings. The Bertz CT molecular complexity index is 686. The van der Waals surface area contributed by atoms with Gasteiger partial charge in [-0.1, -0.05) is 30.3 Å². The van der Waals surface area contributed by atoms with Crippen molar-refractivity contribution in [2.45, 2.75) is 39.0 Å². The molecule has 10 heteroatoms. The highest BCUT2D eigenvalue weighted by Crippen LogP contribution is 2.06. The van der Waals surface area contributed by atoms with Crippen LogP contribution in [0.4, 0.5) is 9.59 Å². The van der Waals surface area contributed by atoms with Crippen molar-refractivity contribution in [2.75, 3.05) is 13.2 Å². The molecule has 0 fully saturated rings. The number of amides is 3. The lowest BCUT2D eigenvalue weighted by Crippen LogP contribution is -2.48. The molecule has 0 unspecified atom stereocenters. The van der Waals surface area contributed by atoms with E-state index in [1.54, 1.807) is 45.0 Å². The number of nitrogens with one attached hydrogen (secondary N) is 2. The van der Waals surface area contributed by atoms with E-state index in [0.717, 1.165) is 5.56 Å². The fourth-order valence-corrected chi connectivity index (χ4v) is 1.79. The third-order valence-corrected chi connectivity index (χ3v) is 3.04. The zero-order valence-electron chi connectivity index (χ0n) is 16.0. The van der Waals surface area contributed by atoms with Crippen LogP contribution in [-0.2, 0) is 30.4 Å². The monoisotopic (exact) mass is 395 g/mol. The summed E-state index contributed by atoms with van der Waals surface area (Å²) in [5, 5.41) is 4.42. The summed E-state index contributed by atoms with van der Waals surface area (Å²) < 4.78 is 14.8. The maximum absolute atomic E-state index is 11.8. The summed E-state index contributed by atoms with van der Waals surface area (Å²) in [7, 11) is 0. The summed E-state index contributed by atoms with van der Waals surface area (Å²) in [4.78, 5) is 46.3. The molecule has 4 N–H and O–H groups in total. The number of primary amides is 1. The molecule has 0 aliphatic carbocycles. The Kier molecular flexibility index (Phi) is 8.73. The van der Waals surface area contributed by atoms with Gasteiger partial charge in [-0.2, -0.15) is 0 Å². The molecule has 0 saturated heterocycles. The number of carbonyl (C=O) groups excluding carboxylic acids is 4. The Morgan fingerprint density at radius 1 is 1.04 bits per heavy atom. The average molecular weight is 395 g/mol. The summed E-state index contributed by atoms with van der Waals surface area (Å²) in [6, 6.07) is 7.63. The number of hydrogen-bond acceptors (Lipinski definition) is 7. The summed E-state index contributed by atoms with van der Waals surface area (Å²) >= 11 is 0. The van der Waals surface area contributed by atoms with Crippen LogP contribution in [0, 0.1) is 0 Å². The highest BCUT2D eigenvalue weighted by molar-refractivity contribution is 5.85. The predicted molar refractivity (Wildman–Crippen MR) is 97.9 cm³/mol. The molecule has 1 atom stereocenters. The quantitative estimate of drug-likeness (QED) is 0.436. The molecule has 1 rings (SSSR count). The van der Waals surface area contributed by atoms with Gasteiger partial charge in [0, 0.05) is 0 Å². The second-order valence-electron chi connectivity index (χ2n) is 6.70. The molecule has 3 amide bonds. The van der Waals surface area contributed by atoms with E-state index in [2.05, 4.69) is 10.6 Å². The summed E-state index contributed by atoms with van der Waals surface area (Å²) in [5.41, 5.74) is 5.22. The zero-order valence-corrected chi connectivity index (χ0v) is 16.0. The Hall–Kier alpha value is -3.30. The van der Waals surface area contributed by atoms with Gasteiger partial charge in [-0.05, 0) is 26.3 Å². The number of rotatable bonds is 8. The zero-order chi connectivity index (χ0) is 21.2. The van der Waals surface area contributed by atoms with E-state index < -0.39 is 48.9 Å². The van der Waals surface area contributed by atoms with Crippen molar-refractivity contribution in [3.8, 4) is 0 Å². The fraction of sp³-hybridized carbons (Fsp3) is 0.444. The van der Waals surface area contributed by atoms with Crippen LogP contribution < -0.4 is 16.4 Å². The van der Waals surface area contributed by atoms with Gasteiger partial charge in [0.15, 0.2) is 0 Å².